The number of halogens is 3. The fourth-order valence-corrected chi connectivity index (χ4v) is 4.28. The number of rotatable bonds is 5. The Morgan fingerprint density at radius 3 is 2.46 bits per heavy atom. The SMILES string of the molecule is Cc1c(Cn2nc[nH]c2=O)sc2c1c(=O)n(C(C)C)c(=O)n2CCC(F)(F)F. The van der Waals surface area contributed by atoms with E-state index in [0.717, 1.165) is 25.2 Å². The van der Waals surface area contributed by atoms with Crippen molar-refractivity contribution in [2.75, 3.05) is 0 Å². The Labute approximate surface area is 159 Å². The third-order valence-electron chi connectivity index (χ3n) is 4.39. The van der Waals surface area contributed by atoms with Crippen LogP contribution in [0, 0.1) is 6.92 Å². The first-order valence-corrected chi connectivity index (χ1v) is 9.27. The van der Waals surface area contributed by atoms with E-state index in [1.807, 2.05) is 0 Å². The number of nitrogens with one attached hydrogen (secondary N) is 1. The van der Waals surface area contributed by atoms with Gasteiger partial charge in [0.15, 0.2) is 0 Å². The topological polar surface area (TPSA) is 94.7 Å². The monoisotopic (exact) mass is 417 g/mol. The number of hydrogen-bond donors (Lipinski definition) is 1. The van der Waals surface area contributed by atoms with Gasteiger partial charge >= 0.3 is 17.6 Å². The van der Waals surface area contributed by atoms with Crippen LogP contribution in [-0.4, -0.2) is 30.1 Å². The molecule has 0 unspecified atom stereocenters. The number of aromatic nitrogens is 5. The van der Waals surface area contributed by atoms with E-state index in [9.17, 15) is 27.6 Å². The van der Waals surface area contributed by atoms with Crippen molar-refractivity contribution in [3.8, 4) is 0 Å². The van der Waals surface area contributed by atoms with Crippen molar-refractivity contribution in [3.05, 3.63) is 48.1 Å². The minimum Gasteiger partial charge on any atom is -0.295 e. The second-order valence-electron chi connectivity index (χ2n) is 6.65. The van der Waals surface area contributed by atoms with E-state index in [1.54, 1.807) is 20.8 Å². The molecule has 8 nitrogen and oxygen atoms in total. The van der Waals surface area contributed by atoms with Gasteiger partial charge in [0, 0.05) is 17.5 Å². The lowest BCUT2D eigenvalue weighted by Crippen LogP contribution is -2.41. The lowest BCUT2D eigenvalue weighted by molar-refractivity contribution is -0.136. The molecule has 0 aliphatic carbocycles. The molecule has 0 saturated carbocycles. The van der Waals surface area contributed by atoms with Gasteiger partial charge in [-0.15, -0.1) is 11.3 Å². The van der Waals surface area contributed by atoms with Crippen LogP contribution in [0.2, 0.25) is 0 Å². The van der Waals surface area contributed by atoms with Crippen LogP contribution in [0.4, 0.5) is 13.2 Å². The normalized spacial score (nSPS) is 12.4. The largest absolute Gasteiger partial charge is 0.390 e. The van der Waals surface area contributed by atoms with E-state index in [1.165, 1.54) is 6.33 Å². The predicted octanol–water partition coefficient (Wildman–Crippen LogP) is 2.00. The summed E-state index contributed by atoms with van der Waals surface area (Å²) in [5.74, 6) is 0. The summed E-state index contributed by atoms with van der Waals surface area (Å²) in [5.41, 5.74) is -1.25. The van der Waals surface area contributed by atoms with Crippen LogP contribution >= 0.6 is 11.3 Å². The van der Waals surface area contributed by atoms with E-state index < -0.39 is 42.1 Å². The Balaban J connectivity index is 2.26. The molecule has 0 spiro atoms. The lowest BCUT2D eigenvalue weighted by Gasteiger charge is -2.15. The highest BCUT2D eigenvalue weighted by Gasteiger charge is 2.29. The van der Waals surface area contributed by atoms with E-state index >= 15 is 0 Å². The van der Waals surface area contributed by atoms with Gasteiger partial charge in [-0.05, 0) is 26.3 Å². The van der Waals surface area contributed by atoms with E-state index in [4.69, 9.17) is 0 Å². The number of thiophene rings is 1. The summed E-state index contributed by atoms with van der Waals surface area (Å²) >= 11 is 1.03. The third kappa shape index (κ3) is 3.55. The van der Waals surface area contributed by atoms with Crippen molar-refractivity contribution in [1.29, 1.82) is 0 Å². The Morgan fingerprint density at radius 1 is 1.25 bits per heavy atom. The quantitative estimate of drug-likeness (QED) is 0.687. The Hall–Kier alpha value is -2.63. The van der Waals surface area contributed by atoms with Crippen molar-refractivity contribution in [1.82, 2.24) is 23.9 Å². The van der Waals surface area contributed by atoms with Gasteiger partial charge in [0.25, 0.3) is 5.56 Å². The molecule has 0 aliphatic heterocycles. The number of fused-ring (bicyclic) bond motifs is 1. The van der Waals surface area contributed by atoms with Gasteiger partial charge in [-0.2, -0.15) is 18.3 Å². The lowest BCUT2D eigenvalue weighted by atomic mass is 10.2. The first-order chi connectivity index (χ1) is 13.0. The van der Waals surface area contributed by atoms with Crippen LogP contribution in [0.25, 0.3) is 10.2 Å². The van der Waals surface area contributed by atoms with Gasteiger partial charge in [0.1, 0.15) is 11.2 Å². The van der Waals surface area contributed by atoms with E-state index in [0.29, 0.717) is 10.4 Å². The van der Waals surface area contributed by atoms with Crippen molar-refractivity contribution in [2.45, 2.75) is 52.5 Å². The minimum absolute atomic E-state index is 0.0437. The summed E-state index contributed by atoms with van der Waals surface area (Å²) in [4.78, 5) is 40.5. The minimum atomic E-state index is -4.44. The van der Waals surface area contributed by atoms with Crippen molar-refractivity contribution >= 4 is 21.6 Å². The average molecular weight is 417 g/mol. The standard InChI is InChI=1S/C16H18F3N5O3S/c1-8(2)24-12(25)11-9(3)10(6-23-14(26)20-7-21-23)28-13(11)22(15(24)27)5-4-16(17,18)19/h7-8H,4-6H2,1-3H3,(H,20,21,26). The zero-order chi connectivity index (χ0) is 20.8. The third-order valence-corrected chi connectivity index (χ3v) is 5.69. The molecule has 0 aliphatic rings. The Morgan fingerprint density at radius 2 is 1.93 bits per heavy atom. The number of aromatic amines is 1. The summed E-state index contributed by atoms with van der Waals surface area (Å²) in [7, 11) is 0. The molecule has 0 fully saturated rings. The number of hydrogen-bond acceptors (Lipinski definition) is 5. The van der Waals surface area contributed by atoms with Crippen LogP contribution in [0.5, 0.6) is 0 Å². The Bertz CT molecular complexity index is 1200. The van der Waals surface area contributed by atoms with Crippen LogP contribution in [0.15, 0.2) is 20.7 Å². The summed E-state index contributed by atoms with van der Waals surface area (Å²) < 4.78 is 41.4. The predicted molar refractivity (Wildman–Crippen MR) is 98.1 cm³/mol. The summed E-state index contributed by atoms with van der Waals surface area (Å²) in [6, 6.07) is -0.516. The van der Waals surface area contributed by atoms with Gasteiger partial charge in [-0.3, -0.25) is 18.9 Å². The number of H-pyrrole nitrogens is 1. The van der Waals surface area contributed by atoms with E-state index in [2.05, 4.69) is 10.1 Å². The maximum atomic E-state index is 12.9. The molecule has 0 aromatic carbocycles. The molecule has 1 N–H and O–H groups in total. The molecule has 28 heavy (non-hydrogen) atoms. The van der Waals surface area contributed by atoms with Gasteiger partial charge in [-0.25, -0.2) is 14.3 Å². The molecule has 3 heterocycles. The highest BCUT2D eigenvalue weighted by Crippen LogP contribution is 2.29. The first-order valence-electron chi connectivity index (χ1n) is 8.45. The van der Waals surface area contributed by atoms with Gasteiger partial charge < -0.3 is 0 Å². The van der Waals surface area contributed by atoms with Crippen LogP contribution in [0.3, 0.4) is 0 Å². The Kier molecular flexibility index (Phi) is 5.08. The highest BCUT2D eigenvalue weighted by atomic mass is 32.1. The smallest absolute Gasteiger partial charge is 0.295 e. The second-order valence-corrected chi connectivity index (χ2v) is 7.73. The van der Waals surface area contributed by atoms with Gasteiger partial charge in [0.2, 0.25) is 0 Å². The number of alkyl halides is 3. The zero-order valence-electron chi connectivity index (χ0n) is 15.3. The fraction of sp³-hybridized carbons (Fsp3) is 0.500. The molecule has 152 valence electrons. The van der Waals surface area contributed by atoms with Crippen molar-refractivity contribution in [3.63, 3.8) is 0 Å². The van der Waals surface area contributed by atoms with Crippen LogP contribution in [-0.2, 0) is 13.1 Å². The molecule has 0 atom stereocenters. The van der Waals surface area contributed by atoms with Crippen LogP contribution < -0.4 is 16.9 Å². The average Bonchev–Trinajstić information content (AvgIpc) is 3.10. The van der Waals surface area contributed by atoms with Gasteiger partial charge in [-0.1, -0.05) is 0 Å². The highest BCUT2D eigenvalue weighted by molar-refractivity contribution is 7.18. The maximum absolute atomic E-state index is 12.9. The van der Waals surface area contributed by atoms with Gasteiger partial charge in [0.05, 0.1) is 18.4 Å². The second kappa shape index (κ2) is 7.08. The maximum Gasteiger partial charge on any atom is 0.390 e. The molecule has 0 amide bonds. The molecule has 3 rings (SSSR count). The molecule has 0 saturated heterocycles. The molecule has 12 heteroatoms. The van der Waals surface area contributed by atoms with E-state index in [-0.39, 0.29) is 16.8 Å². The summed E-state index contributed by atoms with van der Waals surface area (Å²) in [5, 5.41) is 4.05. The van der Waals surface area contributed by atoms with Crippen LogP contribution in [0.1, 0.15) is 36.8 Å². The number of nitrogens with zero attached hydrogens (tertiary/aromatic N) is 4. The molecule has 3 aromatic rings. The first kappa shape index (κ1) is 20.1. The summed E-state index contributed by atoms with van der Waals surface area (Å²) in [6.45, 7) is 4.34. The molecule has 0 radical (unpaired) electrons. The molecular formula is C16H18F3N5O3S. The summed E-state index contributed by atoms with van der Waals surface area (Å²) in [6.07, 6.45) is -4.42. The number of aryl methyl sites for hydroxylation is 2. The van der Waals surface area contributed by atoms with Crippen molar-refractivity contribution < 1.29 is 13.2 Å². The fourth-order valence-electron chi connectivity index (χ4n) is 2.98. The van der Waals surface area contributed by atoms with Crippen molar-refractivity contribution in [2.24, 2.45) is 0 Å². The molecular weight excluding hydrogens is 399 g/mol. The molecule has 3 aromatic heterocycles. The zero-order valence-corrected chi connectivity index (χ0v) is 16.1. The molecule has 0 bridgehead atoms.